The first-order chi connectivity index (χ1) is 9.31. The van der Waals surface area contributed by atoms with E-state index in [4.69, 9.17) is 0 Å². The molecule has 0 saturated carbocycles. The van der Waals surface area contributed by atoms with E-state index in [1.807, 2.05) is 0 Å². The van der Waals surface area contributed by atoms with Crippen LogP contribution in [-0.4, -0.2) is 27.3 Å². The molecule has 5 nitrogen and oxygen atoms in total. The Morgan fingerprint density at radius 1 is 1.30 bits per heavy atom. The minimum Gasteiger partial charge on any atom is -0.428 e. The van der Waals surface area contributed by atoms with Crippen molar-refractivity contribution in [3.8, 4) is 11.4 Å². The number of aryl methyl sites for hydroxylation is 1. The van der Waals surface area contributed by atoms with Crippen molar-refractivity contribution in [2.75, 3.05) is 0 Å². The third-order valence-electron chi connectivity index (χ3n) is 2.44. The summed E-state index contributed by atoms with van der Waals surface area (Å²) in [5, 5.41) is 5.88. The van der Waals surface area contributed by atoms with E-state index < -0.39 is 24.0 Å². The molecular weight excluding hydrogens is 282 g/mol. The van der Waals surface area contributed by atoms with Crippen molar-refractivity contribution >= 4 is 0 Å². The number of nitrogens with one attached hydrogen (secondary N) is 1. The Labute approximate surface area is 109 Å². The molecule has 0 amide bonds. The normalized spacial score (nSPS) is 11.9. The maximum atomic E-state index is 12.7. The number of nitrogens with zero attached hydrogens (tertiary/aromatic N) is 2. The molecule has 0 atom stereocenters. The fourth-order valence-corrected chi connectivity index (χ4v) is 1.54. The quantitative estimate of drug-likeness (QED) is 0.878. The number of alkyl halides is 4. The standard InChI is InChI=1S/C11H9F4N3O2/c1-6-16-17-10(19)18(6)7-2-4-8(5-3-7)20-11(14,15)9(12)13/h2-5,9H,1H3,(H,17,19). The molecule has 0 radical (unpaired) electrons. The van der Waals surface area contributed by atoms with Crippen molar-refractivity contribution in [3.05, 3.63) is 40.6 Å². The van der Waals surface area contributed by atoms with Crippen LogP contribution >= 0.6 is 0 Å². The number of benzene rings is 1. The van der Waals surface area contributed by atoms with Crippen LogP contribution in [0, 0.1) is 6.92 Å². The van der Waals surface area contributed by atoms with E-state index >= 15 is 0 Å². The molecule has 108 valence electrons. The summed E-state index contributed by atoms with van der Waals surface area (Å²) in [6, 6.07) is 4.68. The summed E-state index contributed by atoms with van der Waals surface area (Å²) in [4.78, 5) is 11.4. The molecule has 0 aliphatic carbocycles. The Kier molecular flexibility index (Phi) is 3.51. The molecule has 1 heterocycles. The lowest BCUT2D eigenvalue weighted by Crippen LogP contribution is -2.33. The van der Waals surface area contributed by atoms with E-state index in [1.165, 1.54) is 16.7 Å². The van der Waals surface area contributed by atoms with E-state index in [2.05, 4.69) is 14.9 Å². The summed E-state index contributed by atoms with van der Waals surface area (Å²) < 4.78 is 54.4. The molecule has 9 heteroatoms. The Bertz CT molecular complexity index is 648. The van der Waals surface area contributed by atoms with E-state index in [-0.39, 0.29) is 0 Å². The van der Waals surface area contributed by atoms with Crippen molar-refractivity contribution < 1.29 is 22.3 Å². The minimum atomic E-state index is -4.57. The summed E-state index contributed by atoms with van der Waals surface area (Å²) >= 11 is 0. The average molecular weight is 291 g/mol. The molecule has 0 spiro atoms. The second-order valence-corrected chi connectivity index (χ2v) is 3.87. The fourth-order valence-electron chi connectivity index (χ4n) is 1.54. The largest absolute Gasteiger partial charge is 0.461 e. The zero-order valence-corrected chi connectivity index (χ0v) is 10.1. The number of aromatic amines is 1. The van der Waals surface area contributed by atoms with Crippen LogP contribution in [0.25, 0.3) is 5.69 Å². The van der Waals surface area contributed by atoms with Crippen LogP contribution in [-0.2, 0) is 0 Å². The van der Waals surface area contributed by atoms with Gasteiger partial charge in [0.25, 0.3) is 0 Å². The van der Waals surface area contributed by atoms with Crippen LogP contribution in [0.15, 0.2) is 29.1 Å². The van der Waals surface area contributed by atoms with Crippen LogP contribution in [0.4, 0.5) is 17.6 Å². The van der Waals surface area contributed by atoms with Gasteiger partial charge in [0.15, 0.2) is 0 Å². The number of rotatable bonds is 4. The number of aromatic nitrogens is 3. The molecule has 1 N–H and O–H groups in total. The van der Waals surface area contributed by atoms with Crippen molar-refractivity contribution in [1.29, 1.82) is 0 Å². The lowest BCUT2D eigenvalue weighted by atomic mass is 10.3. The van der Waals surface area contributed by atoms with E-state index in [0.29, 0.717) is 11.5 Å². The molecule has 0 aliphatic heterocycles. The maximum absolute atomic E-state index is 12.7. The van der Waals surface area contributed by atoms with E-state index in [1.54, 1.807) is 6.92 Å². The van der Waals surface area contributed by atoms with Gasteiger partial charge in [-0.3, -0.25) is 0 Å². The Hall–Kier alpha value is -2.32. The molecule has 0 aliphatic rings. The van der Waals surface area contributed by atoms with Gasteiger partial charge in [0.2, 0.25) is 0 Å². The first kappa shape index (κ1) is 14.1. The predicted octanol–water partition coefficient (Wildman–Crippen LogP) is 2.11. The first-order valence-corrected chi connectivity index (χ1v) is 5.40. The van der Waals surface area contributed by atoms with Gasteiger partial charge in [-0.25, -0.2) is 14.5 Å². The molecule has 1 aromatic heterocycles. The molecular formula is C11H9F4N3O2. The molecule has 0 bridgehead atoms. The van der Waals surface area contributed by atoms with Gasteiger partial charge in [0, 0.05) is 0 Å². The second-order valence-electron chi connectivity index (χ2n) is 3.87. The van der Waals surface area contributed by atoms with E-state index in [9.17, 15) is 22.4 Å². The third-order valence-corrected chi connectivity index (χ3v) is 2.44. The number of ether oxygens (including phenoxy) is 1. The van der Waals surface area contributed by atoms with Crippen LogP contribution in [0.3, 0.4) is 0 Å². The highest BCUT2D eigenvalue weighted by Gasteiger charge is 2.43. The summed E-state index contributed by atoms with van der Waals surface area (Å²) in [6.07, 6.45) is -8.50. The van der Waals surface area contributed by atoms with Crippen molar-refractivity contribution in [1.82, 2.24) is 14.8 Å². The molecule has 20 heavy (non-hydrogen) atoms. The number of halogens is 4. The van der Waals surface area contributed by atoms with Gasteiger partial charge < -0.3 is 4.74 Å². The Morgan fingerprint density at radius 3 is 2.35 bits per heavy atom. The van der Waals surface area contributed by atoms with Gasteiger partial charge in [-0.1, -0.05) is 0 Å². The van der Waals surface area contributed by atoms with Crippen LogP contribution < -0.4 is 10.4 Å². The summed E-state index contributed by atoms with van der Waals surface area (Å²) in [5.41, 5.74) is -0.164. The molecule has 0 unspecified atom stereocenters. The predicted molar refractivity (Wildman–Crippen MR) is 60.5 cm³/mol. The highest BCUT2D eigenvalue weighted by molar-refractivity contribution is 5.38. The van der Waals surface area contributed by atoms with Gasteiger partial charge in [0.1, 0.15) is 11.6 Å². The van der Waals surface area contributed by atoms with E-state index in [0.717, 1.165) is 12.1 Å². The van der Waals surface area contributed by atoms with Crippen LogP contribution in [0.2, 0.25) is 0 Å². The fraction of sp³-hybridized carbons (Fsp3) is 0.273. The SMILES string of the molecule is Cc1n[nH]c(=O)n1-c1ccc(OC(F)(F)C(F)F)cc1. The Balaban J connectivity index is 2.26. The lowest BCUT2D eigenvalue weighted by Gasteiger charge is -2.16. The minimum absolute atomic E-state index is 0.342. The van der Waals surface area contributed by atoms with Crippen molar-refractivity contribution in [3.63, 3.8) is 0 Å². The smallest absolute Gasteiger partial charge is 0.428 e. The molecule has 0 fully saturated rings. The highest BCUT2D eigenvalue weighted by Crippen LogP contribution is 2.27. The third kappa shape index (κ3) is 2.65. The van der Waals surface area contributed by atoms with Crippen molar-refractivity contribution in [2.24, 2.45) is 0 Å². The van der Waals surface area contributed by atoms with Gasteiger partial charge in [-0.15, -0.1) is 0 Å². The summed E-state index contributed by atoms with van der Waals surface area (Å²) in [7, 11) is 0. The van der Waals surface area contributed by atoms with Crippen LogP contribution in [0.1, 0.15) is 5.82 Å². The average Bonchev–Trinajstić information content (AvgIpc) is 2.70. The lowest BCUT2D eigenvalue weighted by molar-refractivity contribution is -0.253. The van der Waals surface area contributed by atoms with Gasteiger partial charge >= 0.3 is 18.2 Å². The number of hydrogen-bond acceptors (Lipinski definition) is 3. The van der Waals surface area contributed by atoms with Gasteiger partial charge in [0.05, 0.1) is 5.69 Å². The summed E-state index contributed by atoms with van der Waals surface area (Å²) in [5.74, 6) is -0.0742. The summed E-state index contributed by atoms with van der Waals surface area (Å²) in [6.45, 7) is 1.56. The molecule has 2 rings (SSSR count). The maximum Gasteiger partial charge on any atom is 0.461 e. The monoisotopic (exact) mass is 291 g/mol. The van der Waals surface area contributed by atoms with Crippen molar-refractivity contribution in [2.45, 2.75) is 19.5 Å². The number of hydrogen-bond donors (Lipinski definition) is 1. The topological polar surface area (TPSA) is 59.9 Å². The number of H-pyrrole nitrogens is 1. The molecule has 1 aromatic carbocycles. The van der Waals surface area contributed by atoms with Gasteiger partial charge in [-0.2, -0.15) is 22.7 Å². The van der Waals surface area contributed by atoms with Gasteiger partial charge in [-0.05, 0) is 31.2 Å². The molecule has 0 saturated heterocycles. The zero-order chi connectivity index (χ0) is 14.9. The second kappa shape index (κ2) is 4.99. The Morgan fingerprint density at radius 2 is 1.90 bits per heavy atom. The zero-order valence-electron chi connectivity index (χ0n) is 10.1. The highest BCUT2D eigenvalue weighted by atomic mass is 19.3. The first-order valence-electron chi connectivity index (χ1n) is 5.40. The van der Waals surface area contributed by atoms with Crippen LogP contribution in [0.5, 0.6) is 5.75 Å². The molecule has 2 aromatic rings.